The molecule has 0 bridgehead atoms. The fourth-order valence-electron chi connectivity index (χ4n) is 2.85. The van der Waals surface area contributed by atoms with Crippen LogP contribution in [0.3, 0.4) is 0 Å². The Kier molecular flexibility index (Phi) is 3.51. The first kappa shape index (κ1) is 15.7. The lowest BCUT2D eigenvalue weighted by atomic mass is 10.1. The summed E-state index contributed by atoms with van der Waals surface area (Å²) in [5.41, 5.74) is 2.55. The summed E-state index contributed by atoms with van der Waals surface area (Å²) in [7, 11) is 1.79. The number of imidazole rings is 1. The van der Waals surface area contributed by atoms with Gasteiger partial charge in [-0.1, -0.05) is 11.6 Å². The molecule has 4 aromatic rings. The molecule has 0 saturated carbocycles. The number of amides is 1. The average molecular weight is 358 g/mol. The van der Waals surface area contributed by atoms with Crippen LogP contribution in [0.5, 0.6) is 0 Å². The van der Waals surface area contributed by atoms with Crippen molar-refractivity contribution in [3.05, 3.63) is 58.6 Å². The van der Waals surface area contributed by atoms with E-state index in [1.54, 1.807) is 30.7 Å². The molecule has 0 radical (unpaired) electrons. The van der Waals surface area contributed by atoms with E-state index in [4.69, 9.17) is 16.0 Å². The normalized spacial score (nSPS) is 11.4. The molecular formula is C18H13ClFN3O2. The molecule has 25 heavy (non-hydrogen) atoms. The average Bonchev–Trinajstić information content (AvgIpc) is 3.05. The number of aryl methyl sites for hydroxylation is 2. The molecule has 0 aliphatic carbocycles. The van der Waals surface area contributed by atoms with Gasteiger partial charge in [-0.2, -0.15) is 0 Å². The van der Waals surface area contributed by atoms with E-state index in [1.807, 2.05) is 6.07 Å². The van der Waals surface area contributed by atoms with Gasteiger partial charge in [0.25, 0.3) is 5.91 Å². The lowest BCUT2D eigenvalue weighted by Crippen LogP contribution is -2.15. The van der Waals surface area contributed by atoms with Crippen molar-refractivity contribution in [1.82, 2.24) is 9.55 Å². The highest BCUT2D eigenvalue weighted by Gasteiger charge is 2.20. The van der Waals surface area contributed by atoms with Crippen LogP contribution in [0.4, 0.5) is 10.3 Å². The highest BCUT2D eigenvalue weighted by molar-refractivity contribution is 6.31. The van der Waals surface area contributed by atoms with Crippen LogP contribution in [-0.2, 0) is 7.05 Å². The van der Waals surface area contributed by atoms with Crippen molar-refractivity contribution in [2.24, 2.45) is 7.05 Å². The van der Waals surface area contributed by atoms with E-state index < -0.39 is 5.91 Å². The van der Waals surface area contributed by atoms with Gasteiger partial charge in [-0.3, -0.25) is 10.1 Å². The molecule has 2 aromatic carbocycles. The van der Waals surface area contributed by atoms with Crippen molar-refractivity contribution < 1.29 is 13.6 Å². The zero-order chi connectivity index (χ0) is 17.7. The number of rotatable bonds is 2. The molecular weight excluding hydrogens is 345 g/mol. The van der Waals surface area contributed by atoms with Gasteiger partial charge in [0.2, 0.25) is 5.95 Å². The van der Waals surface area contributed by atoms with Crippen molar-refractivity contribution in [1.29, 1.82) is 0 Å². The van der Waals surface area contributed by atoms with E-state index in [1.165, 1.54) is 18.2 Å². The number of anilines is 1. The first-order valence-electron chi connectivity index (χ1n) is 7.56. The number of carbonyl (C=O) groups excluding carboxylic acids is 1. The molecule has 2 heterocycles. The number of carbonyl (C=O) groups is 1. The monoisotopic (exact) mass is 357 g/mol. The molecule has 7 heteroatoms. The molecule has 0 saturated heterocycles. The summed E-state index contributed by atoms with van der Waals surface area (Å²) in [6, 6.07) is 9.46. The van der Waals surface area contributed by atoms with Crippen molar-refractivity contribution in [2.75, 3.05) is 5.32 Å². The van der Waals surface area contributed by atoms with Crippen LogP contribution in [0.1, 0.15) is 16.1 Å². The number of hydrogen-bond acceptors (Lipinski definition) is 3. The van der Waals surface area contributed by atoms with Gasteiger partial charge in [-0.25, -0.2) is 9.37 Å². The second-order valence-electron chi connectivity index (χ2n) is 5.78. The Labute approximate surface area is 147 Å². The number of hydrogen-bond donors (Lipinski definition) is 1. The first-order chi connectivity index (χ1) is 11.9. The molecule has 5 nitrogen and oxygen atoms in total. The van der Waals surface area contributed by atoms with Crippen molar-refractivity contribution in [2.45, 2.75) is 6.92 Å². The highest BCUT2D eigenvalue weighted by Crippen LogP contribution is 2.27. The van der Waals surface area contributed by atoms with E-state index in [2.05, 4.69) is 10.3 Å². The molecule has 0 spiro atoms. The minimum atomic E-state index is -0.446. The van der Waals surface area contributed by atoms with Gasteiger partial charge in [0.05, 0.1) is 11.0 Å². The van der Waals surface area contributed by atoms with E-state index >= 15 is 0 Å². The molecule has 2 aromatic heterocycles. The number of fused-ring (bicyclic) bond motifs is 2. The van der Waals surface area contributed by atoms with E-state index in [0.717, 1.165) is 5.52 Å². The lowest BCUT2D eigenvalue weighted by Gasteiger charge is -2.03. The third-order valence-electron chi connectivity index (χ3n) is 4.17. The zero-order valence-corrected chi connectivity index (χ0v) is 14.2. The molecule has 0 fully saturated rings. The molecule has 0 aliphatic rings. The number of aromatic nitrogens is 2. The number of halogens is 2. The van der Waals surface area contributed by atoms with Crippen LogP contribution < -0.4 is 5.32 Å². The molecule has 4 rings (SSSR count). The number of nitrogens with one attached hydrogen (secondary N) is 1. The number of nitrogens with zero attached hydrogens (tertiary/aromatic N) is 2. The third kappa shape index (κ3) is 2.55. The Morgan fingerprint density at radius 1 is 1.28 bits per heavy atom. The Morgan fingerprint density at radius 3 is 2.88 bits per heavy atom. The van der Waals surface area contributed by atoms with E-state index in [9.17, 15) is 9.18 Å². The van der Waals surface area contributed by atoms with Gasteiger partial charge in [0, 0.05) is 23.0 Å². The largest absolute Gasteiger partial charge is 0.451 e. The fraction of sp³-hybridized carbons (Fsp3) is 0.111. The number of furan rings is 1. The summed E-state index contributed by atoms with van der Waals surface area (Å²) in [6.45, 7) is 1.72. The molecule has 126 valence electrons. The number of benzene rings is 2. The van der Waals surface area contributed by atoms with E-state index in [0.29, 0.717) is 33.0 Å². The van der Waals surface area contributed by atoms with Gasteiger partial charge in [0.15, 0.2) is 5.76 Å². The molecule has 1 amide bonds. The maximum absolute atomic E-state index is 13.4. The lowest BCUT2D eigenvalue weighted by molar-refractivity contribution is 0.0996. The Balaban J connectivity index is 1.73. The van der Waals surface area contributed by atoms with Gasteiger partial charge >= 0.3 is 0 Å². The molecule has 1 N–H and O–H groups in total. The first-order valence-corrected chi connectivity index (χ1v) is 7.94. The van der Waals surface area contributed by atoms with Crippen molar-refractivity contribution in [3.8, 4) is 0 Å². The topological polar surface area (TPSA) is 60.1 Å². The predicted octanol–water partition coefficient (Wildman–Crippen LogP) is 4.67. The van der Waals surface area contributed by atoms with Crippen molar-refractivity contribution in [3.63, 3.8) is 0 Å². The Bertz CT molecular complexity index is 1150. The summed E-state index contributed by atoms with van der Waals surface area (Å²) in [5, 5.41) is 3.87. The molecule has 0 unspecified atom stereocenters. The molecule has 0 aliphatic heterocycles. The van der Waals surface area contributed by atoms with E-state index in [-0.39, 0.29) is 11.6 Å². The van der Waals surface area contributed by atoms with Gasteiger partial charge < -0.3 is 8.98 Å². The van der Waals surface area contributed by atoms with Crippen molar-refractivity contribution >= 4 is 45.5 Å². The van der Waals surface area contributed by atoms with Crippen LogP contribution in [0.25, 0.3) is 22.0 Å². The highest BCUT2D eigenvalue weighted by atomic mass is 35.5. The fourth-order valence-corrected chi connectivity index (χ4v) is 3.02. The van der Waals surface area contributed by atoms with Crippen LogP contribution >= 0.6 is 11.6 Å². The Morgan fingerprint density at radius 2 is 2.08 bits per heavy atom. The minimum absolute atomic E-state index is 0.130. The van der Waals surface area contributed by atoms with Gasteiger partial charge in [-0.15, -0.1) is 0 Å². The third-order valence-corrected chi connectivity index (χ3v) is 4.41. The van der Waals surface area contributed by atoms with Crippen LogP contribution in [0, 0.1) is 12.7 Å². The summed E-state index contributed by atoms with van der Waals surface area (Å²) in [4.78, 5) is 17.0. The molecule has 0 atom stereocenters. The minimum Gasteiger partial charge on any atom is -0.451 e. The van der Waals surface area contributed by atoms with Gasteiger partial charge in [-0.05, 0) is 43.3 Å². The smallest absolute Gasteiger partial charge is 0.294 e. The second-order valence-corrected chi connectivity index (χ2v) is 6.21. The summed E-state index contributed by atoms with van der Waals surface area (Å²) in [6.07, 6.45) is 0. The quantitative estimate of drug-likeness (QED) is 0.567. The maximum atomic E-state index is 13.4. The van der Waals surface area contributed by atoms with Gasteiger partial charge in [0.1, 0.15) is 11.4 Å². The predicted molar refractivity (Wildman–Crippen MR) is 94.6 cm³/mol. The summed E-state index contributed by atoms with van der Waals surface area (Å²) in [5.74, 6) is -0.326. The second kappa shape index (κ2) is 5.60. The summed E-state index contributed by atoms with van der Waals surface area (Å²) < 4.78 is 20.7. The Hall–Kier alpha value is -2.86. The SMILES string of the molecule is Cc1c(C(=O)Nc2nc3cc(Cl)ccc3n2C)oc2ccc(F)cc12. The van der Waals surface area contributed by atoms with Crippen LogP contribution in [0.2, 0.25) is 5.02 Å². The zero-order valence-electron chi connectivity index (χ0n) is 13.4. The summed E-state index contributed by atoms with van der Waals surface area (Å²) >= 11 is 5.98. The maximum Gasteiger partial charge on any atom is 0.294 e. The van der Waals surface area contributed by atoms with Crippen LogP contribution in [-0.4, -0.2) is 15.5 Å². The van der Waals surface area contributed by atoms with Crippen LogP contribution in [0.15, 0.2) is 40.8 Å². The standard InChI is InChI=1S/C18H13ClFN3O2/c1-9-12-8-11(20)4-6-15(12)25-16(9)17(24)22-18-21-13-7-10(19)3-5-14(13)23(18)2/h3-8H,1-2H3,(H,21,22,24).